The number of hydrogen-bond acceptors (Lipinski definition) is 3. The second-order valence-electron chi connectivity index (χ2n) is 4.64. The van der Waals surface area contributed by atoms with Crippen molar-refractivity contribution in [1.82, 2.24) is 10.2 Å². The van der Waals surface area contributed by atoms with Gasteiger partial charge in [-0.25, -0.2) is 0 Å². The van der Waals surface area contributed by atoms with Crippen molar-refractivity contribution in [1.29, 1.82) is 0 Å². The highest BCUT2D eigenvalue weighted by Crippen LogP contribution is 2.13. The highest BCUT2D eigenvalue weighted by Gasteiger charge is 2.21. The number of likely N-dealkylation sites (tertiary alicyclic amines) is 1. The molecule has 2 saturated heterocycles. The van der Waals surface area contributed by atoms with Gasteiger partial charge in [0.2, 0.25) is 0 Å². The van der Waals surface area contributed by atoms with Gasteiger partial charge in [0.15, 0.2) is 0 Å². The first kappa shape index (κ1) is 10.4. The maximum atomic E-state index is 5.69. The van der Waals surface area contributed by atoms with E-state index in [4.69, 9.17) is 4.74 Å². The highest BCUT2D eigenvalue weighted by atomic mass is 16.5. The zero-order chi connectivity index (χ0) is 9.80. The highest BCUT2D eigenvalue weighted by molar-refractivity contribution is 4.80. The van der Waals surface area contributed by atoms with Crippen LogP contribution in [-0.4, -0.2) is 50.3 Å². The number of likely N-dealkylation sites (N-methyl/N-ethyl adjacent to an activating group) is 1. The molecule has 2 atom stereocenters. The maximum Gasteiger partial charge on any atom is 0.0699 e. The molecular weight excluding hydrogens is 176 g/mol. The number of ether oxygens (including phenoxy) is 1. The van der Waals surface area contributed by atoms with E-state index in [2.05, 4.69) is 17.3 Å². The Balaban J connectivity index is 1.61. The van der Waals surface area contributed by atoms with Crippen LogP contribution in [0, 0.1) is 0 Å². The molecule has 2 aliphatic heterocycles. The van der Waals surface area contributed by atoms with E-state index in [0.717, 1.165) is 13.2 Å². The molecule has 0 radical (unpaired) electrons. The standard InChI is InChI=1S/C11H22N2O/c1-13-6-5-10(9-13)12-8-11-4-2-3-7-14-11/h10-12H,2-9H2,1H3. The molecule has 0 aliphatic carbocycles. The molecule has 2 rings (SSSR count). The average molecular weight is 198 g/mol. The molecule has 0 spiro atoms. The van der Waals surface area contributed by atoms with Crippen molar-refractivity contribution in [2.24, 2.45) is 0 Å². The second kappa shape index (κ2) is 5.10. The summed E-state index contributed by atoms with van der Waals surface area (Å²) in [7, 11) is 2.19. The summed E-state index contributed by atoms with van der Waals surface area (Å²) in [6.07, 6.45) is 5.62. The van der Waals surface area contributed by atoms with Crippen LogP contribution in [0.3, 0.4) is 0 Å². The molecule has 82 valence electrons. The third kappa shape index (κ3) is 2.94. The number of nitrogens with zero attached hydrogens (tertiary/aromatic N) is 1. The minimum Gasteiger partial charge on any atom is -0.377 e. The summed E-state index contributed by atoms with van der Waals surface area (Å²) in [6.45, 7) is 4.46. The molecule has 2 fully saturated rings. The van der Waals surface area contributed by atoms with Gasteiger partial charge in [-0.15, -0.1) is 0 Å². The summed E-state index contributed by atoms with van der Waals surface area (Å²) in [6, 6.07) is 0.700. The first-order valence-electron chi connectivity index (χ1n) is 5.88. The molecular formula is C11H22N2O. The Kier molecular flexibility index (Phi) is 3.79. The summed E-state index contributed by atoms with van der Waals surface area (Å²) < 4.78 is 5.69. The van der Waals surface area contributed by atoms with Crippen molar-refractivity contribution >= 4 is 0 Å². The van der Waals surface area contributed by atoms with Crippen LogP contribution in [0.2, 0.25) is 0 Å². The van der Waals surface area contributed by atoms with E-state index in [1.165, 1.54) is 38.8 Å². The lowest BCUT2D eigenvalue weighted by Gasteiger charge is -2.24. The van der Waals surface area contributed by atoms with Gasteiger partial charge in [0, 0.05) is 25.7 Å². The van der Waals surface area contributed by atoms with E-state index in [1.54, 1.807) is 0 Å². The van der Waals surface area contributed by atoms with Crippen LogP contribution in [0.5, 0.6) is 0 Å². The lowest BCUT2D eigenvalue weighted by atomic mass is 10.1. The fourth-order valence-electron chi connectivity index (χ4n) is 2.37. The fourth-order valence-corrected chi connectivity index (χ4v) is 2.37. The molecule has 1 N–H and O–H groups in total. The Bertz CT molecular complexity index is 164. The molecule has 2 unspecified atom stereocenters. The Hall–Kier alpha value is -0.120. The van der Waals surface area contributed by atoms with Gasteiger partial charge in [0.1, 0.15) is 0 Å². The van der Waals surface area contributed by atoms with E-state index in [9.17, 15) is 0 Å². The zero-order valence-corrected chi connectivity index (χ0v) is 9.17. The molecule has 2 aliphatic rings. The SMILES string of the molecule is CN1CCC(NCC2CCCCO2)C1. The molecule has 0 amide bonds. The van der Waals surface area contributed by atoms with Gasteiger partial charge < -0.3 is 15.0 Å². The van der Waals surface area contributed by atoms with Gasteiger partial charge in [0.05, 0.1) is 6.10 Å². The lowest BCUT2D eigenvalue weighted by molar-refractivity contribution is 0.0155. The van der Waals surface area contributed by atoms with E-state index >= 15 is 0 Å². The second-order valence-corrected chi connectivity index (χ2v) is 4.64. The minimum absolute atomic E-state index is 0.481. The smallest absolute Gasteiger partial charge is 0.0699 e. The van der Waals surface area contributed by atoms with Gasteiger partial charge in [-0.05, 0) is 39.3 Å². The number of hydrogen-bond donors (Lipinski definition) is 1. The predicted molar refractivity (Wildman–Crippen MR) is 57.5 cm³/mol. The first-order chi connectivity index (χ1) is 6.84. The first-order valence-corrected chi connectivity index (χ1v) is 5.88. The van der Waals surface area contributed by atoms with Gasteiger partial charge >= 0.3 is 0 Å². The van der Waals surface area contributed by atoms with Crippen molar-refractivity contribution < 1.29 is 4.74 Å². The molecule has 2 heterocycles. The van der Waals surface area contributed by atoms with E-state index in [-0.39, 0.29) is 0 Å². The summed E-state index contributed by atoms with van der Waals surface area (Å²) in [5.74, 6) is 0. The summed E-state index contributed by atoms with van der Waals surface area (Å²) in [4.78, 5) is 2.39. The third-order valence-electron chi connectivity index (χ3n) is 3.30. The molecule has 3 nitrogen and oxygen atoms in total. The van der Waals surface area contributed by atoms with E-state index < -0.39 is 0 Å². The Morgan fingerprint density at radius 1 is 1.36 bits per heavy atom. The van der Waals surface area contributed by atoms with Gasteiger partial charge in [0.25, 0.3) is 0 Å². The monoisotopic (exact) mass is 198 g/mol. The lowest BCUT2D eigenvalue weighted by Crippen LogP contribution is -2.39. The van der Waals surface area contributed by atoms with Gasteiger partial charge in [-0.2, -0.15) is 0 Å². The van der Waals surface area contributed by atoms with Gasteiger partial charge in [-0.1, -0.05) is 0 Å². The largest absolute Gasteiger partial charge is 0.377 e. The third-order valence-corrected chi connectivity index (χ3v) is 3.30. The van der Waals surface area contributed by atoms with Crippen molar-refractivity contribution in [2.75, 3.05) is 33.3 Å². The molecule has 0 bridgehead atoms. The van der Waals surface area contributed by atoms with Crippen LogP contribution in [0.1, 0.15) is 25.7 Å². The minimum atomic E-state index is 0.481. The molecule has 14 heavy (non-hydrogen) atoms. The van der Waals surface area contributed by atoms with Crippen LogP contribution >= 0.6 is 0 Å². The quantitative estimate of drug-likeness (QED) is 0.727. The van der Waals surface area contributed by atoms with Crippen molar-refractivity contribution in [3.8, 4) is 0 Å². The van der Waals surface area contributed by atoms with Crippen LogP contribution < -0.4 is 5.32 Å². The Morgan fingerprint density at radius 2 is 2.29 bits per heavy atom. The van der Waals surface area contributed by atoms with E-state index in [1.807, 2.05) is 0 Å². The van der Waals surface area contributed by atoms with Crippen molar-refractivity contribution in [2.45, 2.75) is 37.8 Å². The van der Waals surface area contributed by atoms with Crippen molar-refractivity contribution in [3.63, 3.8) is 0 Å². The Labute approximate surface area is 86.8 Å². The number of nitrogens with one attached hydrogen (secondary N) is 1. The topological polar surface area (TPSA) is 24.5 Å². The normalized spacial score (nSPS) is 34.9. The molecule has 3 heteroatoms. The summed E-state index contributed by atoms with van der Waals surface area (Å²) >= 11 is 0. The van der Waals surface area contributed by atoms with Crippen LogP contribution in [0.25, 0.3) is 0 Å². The van der Waals surface area contributed by atoms with Crippen molar-refractivity contribution in [3.05, 3.63) is 0 Å². The maximum absolute atomic E-state index is 5.69. The van der Waals surface area contributed by atoms with Crippen LogP contribution in [0.15, 0.2) is 0 Å². The molecule has 0 aromatic heterocycles. The van der Waals surface area contributed by atoms with Gasteiger partial charge in [-0.3, -0.25) is 0 Å². The fraction of sp³-hybridized carbons (Fsp3) is 1.00. The molecule has 0 aromatic carbocycles. The van der Waals surface area contributed by atoms with Crippen LogP contribution in [-0.2, 0) is 4.74 Å². The average Bonchev–Trinajstić information content (AvgIpc) is 2.63. The van der Waals surface area contributed by atoms with Crippen LogP contribution in [0.4, 0.5) is 0 Å². The van der Waals surface area contributed by atoms with E-state index in [0.29, 0.717) is 12.1 Å². The summed E-state index contributed by atoms with van der Waals surface area (Å²) in [5.41, 5.74) is 0. The summed E-state index contributed by atoms with van der Waals surface area (Å²) in [5, 5.41) is 3.62. The Morgan fingerprint density at radius 3 is 2.93 bits per heavy atom. The molecule has 0 saturated carbocycles. The zero-order valence-electron chi connectivity index (χ0n) is 9.17. The number of rotatable bonds is 3. The molecule has 0 aromatic rings. The predicted octanol–water partition coefficient (Wildman–Crippen LogP) is 0.849.